The molecule has 0 aliphatic heterocycles. The van der Waals surface area contributed by atoms with Gasteiger partial charge in [-0.05, 0) is 61.6 Å². The van der Waals surface area contributed by atoms with Crippen molar-refractivity contribution in [2.24, 2.45) is 0 Å². The lowest BCUT2D eigenvalue weighted by molar-refractivity contribution is 0.419. The zero-order chi connectivity index (χ0) is 24.3. The van der Waals surface area contributed by atoms with E-state index in [0.29, 0.717) is 11.7 Å². The first-order valence-corrected chi connectivity index (χ1v) is 14.0. The smallest absolute Gasteiger partial charge is 0.294 e. The van der Waals surface area contributed by atoms with Crippen molar-refractivity contribution in [2.45, 2.75) is 54.7 Å². The van der Waals surface area contributed by atoms with Crippen LogP contribution in [0, 0.1) is 6.92 Å². The summed E-state index contributed by atoms with van der Waals surface area (Å²) in [5, 5.41) is 0. The van der Waals surface area contributed by atoms with Gasteiger partial charge < -0.3 is 4.74 Å². The minimum Gasteiger partial charge on any atom is -0.455 e. The van der Waals surface area contributed by atoms with E-state index in [1.165, 1.54) is 24.6 Å². The normalized spacial score (nSPS) is 15.1. The summed E-state index contributed by atoms with van der Waals surface area (Å²) >= 11 is 0. The zero-order valence-electron chi connectivity index (χ0n) is 18.8. The number of ether oxygens (including phenoxy) is 1. The Morgan fingerprint density at radius 2 is 1.47 bits per heavy atom. The minimum absolute atomic E-state index is 0.0194. The van der Waals surface area contributed by atoms with Crippen LogP contribution < -0.4 is 9.46 Å². The van der Waals surface area contributed by atoms with Crippen molar-refractivity contribution in [1.82, 2.24) is 0 Å². The molecule has 0 atom stereocenters. The summed E-state index contributed by atoms with van der Waals surface area (Å²) in [6.07, 6.45) is 5.50. The maximum absolute atomic E-state index is 13.0. The van der Waals surface area contributed by atoms with E-state index < -0.39 is 25.0 Å². The van der Waals surface area contributed by atoms with Crippen LogP contribution in [0.3, 0.4) is 0 Å². The fraction of sp³-hybridized carbons (Fsp3) is 0.280. The largest absolute Gasteiger partial charge is 0.455 e. The third-order valence-electron chi connectivity index (χ3n) is 6.01. The van der Waals surface area contributed by atoms with Crippen molar-refractivity contribution in [3.63, 3.8) is 0 Å². The van der Waals surface area contributed by atoms with Crippen molar-refractivity contribution in [3.8, 4) is 11.5 Å². The summed E-state index contributed by atoms with van der Waals surface area (Å²) in [7, 11) is -8.49. The molecule has 3 aromatic carbocycles. The van der Waals surface area contributed by atoms with E-state index in [9.17, 15) is 21.4 Å². The van der Waals surface area contributed by atoms with Crippen LogP contribution in [0.25, 0.3) is 0 Å². The third-order valence-corrected chi connectivity index (χ3v) is 8.24. The standard InChI is InChI=1S/C25H27NO6S2/c1-18-11-13-20(14-12-18)33(27,28)26-23-16-15-21(34(29,30)31)17-25(23)32-24-10-6-5-9-22(24)19-7-3-2-4-8-19/h5-6,9-17,19,26H,2-4,7-8H2,1H3,(H,29,30,31). The first-order valence-electron chi connectivity index (χ1n) is 11.1. The van der Waals surface area contributed by atoms with Crippen LogP contribution in [0.1, 0.15) is 49.1 Å². The predicted octanol–water partition coefficient (Wildman–Crippen LogP) is 5.88. The van der Waals surface area contributed by atoms with Gasteiger partial charge in [-0.15, -0.1) is 0 Å². The summed E-state index contributed by atoms with van der Waals surface area (Å²) < 4.78 is 67.6. The molecule has 1 fully saturated rings. The van der Waals surface area contributed by atoms with Gasteiger partial charge in [0.25, 0.3) is 20.1 Å². The average molecular weight is 502 g/mol. The Bertz CT molecular complexity index is 1380. The maximum Gasteiger partial charge on any atom is 0.294 e. The van der Waals surface area contributed by atoms with Gasteiger partial charge in [0.1, 0.15) is 5.75 Å². The lowest BCUT2D eigenvalue weighted by atomic mass is 9.84. The molecule has 1 aliphatic rings. The van der Waals surface area contributed by atoms with Crippen LogP contribution >= 0.6 is 0 Å². The van der Waals surface area contributed by atoms with Gasteiger partial charge in [0.15, 0.2) is 5.75 Å². The number of para-hydroxylation sites is 1. The molecule has 4 rings (SSSR count). The van der Waals surface area contributed by atoms with Crippen LogP contribution in [-0.2, 0) is 20.1 Å². The van der Waals surface area contributed by atoms with E-state index in [2.05, 4.69) is 4.72 Å². The van der Waals surface area contributed by atoms with Crippen LogP contribution in [-0.4, -0.2) is 21.4 Å². The SMILES string of the molecule is Cc1ccc(S(=O)(=O)Nc2ccc(S(=O)(=O)O)cc2Oc2ccccc2C2CCCCC2)cc1. The molecule has 9 heteroatoms. The number of sulfonamides is 1. The molecule has 0 amide bonds. The van der Waals surface area contributed by atoms with Crippen LogP contribution in [0.5, 0.6) is 11.5 Å². The molecule has 7 nitrogen and oxygen atoms in total. The number of aryl methyl sites for hydroxylation is 1. The molecule has 0 bridgehead atoms. The monoisotopic (exact) mass is 501 g/mol. The van der Waals surface area contributed by atoms with E-state index in [-0.39, 0.29) is 16.3 Å². The van der Waals surface area contributed by atoms with Gasteiger partial charge in [0, 0.05) is 6.07 Å². The molecule has 0 saturated heterocycles. The molecule has 1 saturated carbocycles. The van der Waals surface area contributed by atoms with Crippen molar-refractivity contribution < 1.29 is 26.1 Å². The molecule has 0 spiro atoms. The average Bonchev–Trinajstić information content (AvgIpc) is 2.80. The summed E-state index contributed by atoms with van der Waals surface area (Å²) in [5.41, 5.74) is 1.97. The Hall–Kier alpha value is -2.88. The molecule has 0 unspecified atom stereocenters. The Balaban J connectivity index is 1.74. The second-order valence-electron chi connectivity index (χ2n) is 8.53. The maximum atomic E-state index is 13.0. The topological polar surface area (TPSA) is 110 Å². The second kappa shape index (κ2) is 9.77. The molecule has 3 aromatic rings. The van der Waals surface area contributed by atoms with E-state index in [0.717, 1.165) is 48.9 Å². The minimum atomic E-state index is -4.52. The van der Waals surface area contributed by atoms with Gasteiger partial charge in [0.05, 0.1) is 15.5 Å². The number of hydrogen-bond donors (Lipinski definition) is 2. The van der Waals surface area contributed by atoms with Gasteiger partial charge in [0.2, 0.25) is 0 Å². The fourth-order valence-electron chi connectivity index (χ4n) is 4.20. The van der Waals surface area contributed by atoms with Crippen molar-refractivity contribution in [3.05, 3.63) is 77.9 Å². The van der Waals surface area contributed by atoms with E-state index in [1.807, 2.05) is 25.1 Å². The van der Waals surface area contributed by atoms with Crippen LogP contribution in [0.15, 0.2) is 76.5 Å². The highest BCUT2D eigenvalue weighted by Crippen LogP contribution is 2.41. The highest BCUT2D eigenvalue weighted by atomic mass is 32.2. The third kappa shape index (κ3) is 5.60. The molecule has 1 aliphatic carbocycles. The molecule has 180 valence electrons. The van der Waals surface area contributed by atoms with Crippen LogP contribution in [0.2, 0.25) is 0 Å². The molecule has 0 heterocycles. The lowest BCUT2D eigenvalue weighted by Gasteiger charge is -2.24. The molecule has 34 heavy (non-hydrogen) atoms. The lowest BCUT2D eigenvalue weighted by Crippen LogP contribution is -2.14. The van der Waals surface area contributed by atoms with E-state index in [4.69, 9.17) is 4.74 Å². The van der Waals surface area contributed by atoms with Crippen molar-refractivity contribution in [1.29, 1.82) is 0 Å². The number of anilines is 1. The summed E-state index contributed by atoms with van der Waals surface area (Å²) in [4.78, 5) is -0.332. The molecule has 0 radical (unpaired) electrons. The van der Waals surface area contributed by atoms with Gasteiger partial charge >= 0.3 is 0 Å². The van der Waals surface area contributed by atoms with Gasteiger partial charge in [-0.2, -0.15) is 8.42 Å². The Morgan fingerprint density at radius 3 is 2.15 bits per heavy atom. The number of benzene rings is 3. The van der Waals surface area contributed by atoms with Gasteiger partial charge in [-0.3, -0.25) is 9.27 Å². The van der Waals surface area contributed by atoms with Gasteiger partial charge in [-0.25, -0.2) is 8.42 Å². The predicted molar refractivity (Wildman–Crippen MR) is 131 cm³/mol. The first-order chi connectivity index (χ1) is 16.1. The highest BCUT2D eigenvalue weighted by molar-refractivity contribution is 7.92. The first kappa shape index (κ1) is 24.3. The number of nitrogens with one attached hydrogen (secondary N) is 1. The van der Waals surface area contributed by atoms with Crippen LogP contribution in [0.4, 0.5) is 5.69 Å². The fourth-order valence-corrected chi connectivity index (χ4v) is 5.76. The Kier molecular flexibility index (Phi) is 6.97. The summed E-state index contributed by atoms with van der Waals surface area (Å²) in [5.74, 6) is 0.814. The van der Waals surface area contributed by atoms with Crippen molar-refractivity contribution >= 4 is 25.8 Å². The Labute approximate surface area is 200 Å². The molecule has 2 N–H and O–H groups in total. The highest BCUT2D eigenvalue weighted by Gasteiger charge is 2.23. The summed E-state index contributed by atoms with van der Waals surface area (Å²) in [6.45, 7) is 1.85. The van der Waals surface area contributed by atoms with Crippen molar-refractivity contribution in [2.75, 3.05) is 4.72 Å². The Morgan fingerprint density at radius 1 is 0.824 bits per heavy atom. The number of hydrogen-bond acceptors (Lipinski definition) is 5. The molecular weight excluding hydrogens is 474 g/mol. The summed E-state index contributed by atoms with van der Waals surface area (Å²) in [6, 6.07) is 17.4. The van der Waals surface area contributed by atoms with Gasteiger partial charge in [-0.1, -0.05) is 55.2 Å². The van der Waals surface area contributed by atoms with E-state index in [1.54, 1.807) is 18.2 Å². The second-order valence-corrected chi connectivity index (χ2v) is 11.6. The molecule has 0 aromatic heterocycles. The quantitative estimate of drug-likeness (QED) is 0.391. The van der Waals surface area contributed by atoms with E-state index >= 15 is 0 Å². The molecular formula is C25H27NO6S2. The zero-order valence-corrected chi connectivity index (χ0v) is 20.4. The number of rotatable bonds is 7.